The Bertz CT molecular complexity index is 431. The van der Waals surface area contributed by atoms with E-state index in [0.717, 1.165) is 0 Å². The van der Waals surface area contributed by atoms with Gasteiger partial charge in [-0.1, -0.05) is 0 Å². The highest BCUT2D eigenvalue weighted by atomic mass is 35.5. The van der Waals surface area contributed by atoms with E-state index in [-0.39, 0.29) is 12.4 Å². The van der Waals surface area contributed by atoms with E-state index in [0.29, 0.717) is 22.9 Å². The minimum Gasteiger partial charge on any atom is -0.526 e. The summed E-state index contributed by atoms with van der Waals surface area (Å²) in [5.41, 5.74) is 12.5. The number of hydrogen-bond donors (Lipinski definition) is 2. The van der Waals surface area contributed by atoms with Crippen molar-refractivity contribution < 1.29 is 9.31 Å². The van der Waals surface area contributed by atoms with Crippen molar-refractivity contribution in [2.75, 3.05) is 11.5 Å². The average molecular weight is 264 g/mol. The third kappa shape index (κ3) is 4.10. The fourth-order valence-electron chi connectivity index (χ4n) is 1.23. The van der Waals surface area contributed by atoms with Crippen molar-refractivity contribution in [2.45, 2.75) is 0 Å². The first-order valence-corrected chi connectivity index (χ1v) is 5.10. The summed E-state index contributed by atoms with van der Waals surface area (Å²) in [5.74, 6) is 1.32. The van der Waals surface area contributed by atoms with Gasteiger partial charge in [0.1, 0.15) is 11.5 Å². The zero-order valence-electron chi connectivity index (χ0n) is 9.58. The van der Waals surface area contributed by atoms with Gasteiger partial charge in [0.15, 0.2) is 0 Å². The van der Waals surface area contributed by atoms with E-state index in [2.05, 4.69) is 0 Å². The molecule has 0 bridgehead atoms. The van der Waals surface area contributed by atoms with Gasteiger partial charge < -0.3 is 20.8 Å². The standard InChI is InChI=1S/C12H12BN2O2.ClH/c14-9-1-5-11(6-2-9)16-13-17-12-7-3-10(15)4-8-12;/h1-8H,14-15H2;1H. The lowest BCUT2D eigenvalue weighted by atomic mass is 10.2. The molecular weight excluding hydrogens is 250 g/mol. The van der Waals surface area contributed by atoms with E-state index in [4.69, 9.17) is 20.8 Å². The van der Waals surface area contributed by atoms with E-state index >= 15 is 0 Å². The molecule has 18 heavy (non-hydrogen) atoms. The van der Waals surface area contributed by atoms with E-state index in [1.54, 1.807) is 48.5 Å². The lowest BCUT2D eigenvalue weighted by Crippen LogP contribution is -2.10. The molecule has 2 aromatic rings. The summed E-state index contributed by atoms with van der Waals surface area (Å²) in [6.45, 7) is 0. The van der Waals surface area contributed by atoms with Gasteiger partial charge in [-0.2, -0.15) is 0 Å². The molecule has 6 heteroatoms. The molecule has 4 N–H and O–H groups in total. The van der Waals surface area contributed by atoms with Gasteiger partial charge >= 0.3 is 7.69 Å². The summed E-state index contributed by atoms with van der Waals surface area (Å²) < 4.78 is 10.5. The Balaban J connectivity index is 0.00000162. The van der Waals surface area contributed by atoms with Gasteiger partial charge in [-0.05, 0) is 48.5 Å². The predicted molar refractivity (Wildman–Crippen MR) is 76.0 cm³/mol. The molecule has 0 amide bonds. The lowest BCUT2D eigenvalue weighted by Gasteiger charge is -2.06. The highest BCUT2D eigenvalue weighted by Crippen LogP contribution is 2.15. The average Bonchev–Trinajstić information content (AvgIpc) is 2.34. The normalized spacial score (nSPS) is 9.11. The molecule has 0 fully saturated rings. The Labute approximate surface area is 113 Å². The zero-order chi connectivity index (χ0) is 12.1. The number of hydrogen-bond acceptors (Lipinski definition) is 4. The highest BCUT2D eigenvalue weighted by Gasteiger charge is 2.01. The van der Waals surface area contributed by atoms with Crippen molar-refractivity contribution in [2.24, 2.45) is 0 Å². The molecule has 0 aliphatic heterocycles. The maximum Gasteiger partial charge on any atom is 0.658 e. The predicted octanol–water partition coefficient (Wildman–Crippen LogP) is 2.26. The van der Waals surface area contributed by atoms with E-state index in [1.165, 1.54) is 7.69 Å². The van der Waals surface area contributed by atoms with Crippen LogP contribution in [0, 0.1) is 0 Å². The Kier molecular flexibility index (Phi) is 5.20. The van der Waals surface area contributed by atoms with Crippen LogP contribution in [-0.2, 0) is 0 Å². The highest BCUT2D eigenvalue weighted by molar-refractivity contribution is 6.20. The van der Waals surface area contributed by atoms with Gasteiger partial charge in [-0.3, -0.25) is 0 Å². The summed E-state index contributed by atoms with van der Waals surface area (Å²) in [6, 6.07) is 14.1. The third-order valence-corrected chi connectivity index (χ3v) is 2.13. The summed E-state index contributed by atoms with van der Waals surface area (Å²) in [7, 11) is 1.26. The zero-order valence-corrected chi connectivity index (χ0v) is 10.4. The van der Waals surface area contributed by atoms with Crippen LogP contribution in [0.25, 0.3) is 0 Å². The molecule has 0 aromatic heterocycles. The molecule has 0 heterocycles. The lowest BCUT2D eigenvalue weighted by molar-refractivity contribution is 0.459. The van der Waals surface area contributed by atoms with Crippen molar-refractivity contribution in [3.8, 4) is 11.5 Å². The van der Waals surface area contributed by atoms with Crippen LogP contribution in [0.4, 0.5) is 11.4 Å². The quantitative estimate of drug-likeness (QED) is 0.656. The molecule has 93 valence electrons. The van der Waals surface area contributed by atoms with Crippen LogP contribution in [0.3, 0.4) is 0 Å². The van der Waals surface area contributed by atoms with Gasteiger partial charge in [0.2, 0.25) is 0 Å². The largest absolute Gasteiger partial charge is 0.658 e. The third-order valence-electron chi connectivity index (χ3n) is 2.13. The Hall–Kier alpha value is -2.01. The van der Waals surface area contributed by atoms with E-state index in [9.17, 15) is 0 Å². The fourth-order valence-corrected chi connectivity index (χ4v) is 1.23. The summed E-state index contributed by atoms with van der Waals surface area (Å²) in [4.78, 5) is 0. The van der Waals surface area contributed by atoms with Gasteiger partial charge in [0.05, 0.1) is 0 Å². The molecule has 4 nitrogen and oxygen atoms in total. The molecule has 2 aromatic carbocycles. The monoisotopic (exact) mass is 263 g/mol. The first-order valence-electron chi connectivity index (χ1n) is 5.10. The molecule has 0 unspecified atom stereocenters. The molecule has 0 spiro atoms. The second kappa shape index (κ2) is 6.66. The van der Waals surface area contributed by atoms with Crippen LogP contribution in [0.1, 0.15) is 0 Å². The molecule has 0 atom stereocenters. The second-order valence-electron chi connectivity index (χ2n) is 3.47. The smallest absolute Gasteiger partial charge is 0.526 e. The van der Waals surface area contributed by atoms with Gasteiger partial charge in [-0.25, -0.2) is 0 Å². The number of nitrogen functional groups attached to an aromatic ring is 2. The van der Waals surface area contributed by atoms with Crippen molar-refractivity contribution in [3.05, 3.63) is 48.5 Å². The number of benzene rings is 2. The first kappa shape index (κ1) is 14.1. The molecule has 0 aliphatic rings. The number of halogens is 1. The Morgan fingerprint density at radius 2 is 1.00 bits per heavy atom. The SMILES string of the molecule is Cl.Nc1ccc(O[B]Oc2ccc(N)cc2)cc1. The van der Waals surface area contributed by atoms with E-state index < -0.39 is 0 Å². The second-order valence-corrected chi connectivity index (χ2v) is 3.47. The molecular formula is C12H13BClN2O2. The van der Waals surface area contributed by atoms with Gasteiger partial charge in [-0.15, -0.1) is 12.4 Å². The molecule has 2 rings (SSSR count). The maximum atomic E-state index is 5.55. The van der Waals surface area contributed by atoms with Crippen LogP contribution in [0.5, 0.6) is 11.5 Å². The topological polar surface area (TPSA) is 70.5 Å². The number of anilines is 2. The van der Waals surface area contributed by atoms with Crippen LogP contribution < -0.4 is 20.8 Å². The maximum absolute atomic E-state index is 5.55. The van der Waals surface area contributed by atoms with Gasteiger partial charge in [0, 0.05) is 11.4 Å². The summed E-state index contributed by atoms with van der Waals surface area (Å²) in [6.07, 6.45) is 0. The molecule has 0 saturated heterocycles. The van der Waals surface area contributed by atoms with Crippen LogP contribution in [0.15, 0.2) is 48.5 Å². The summed E-state index contributed by atoms with van der Waals surface area (Å²) in [5, 5.41) is 0. The number of nitrogens with two attached hydrogens (primary N) is 2. The van der Waals surface area contributed by atoms with Crippen molar-refractivity contribution >= 4 is 31.5 Å². The first-order chi connectivity index (χ1) is 8.24. The van der Waals surface area contributed by atoms with Crippen LogP contribution >= 0.6 is 12.4 Å². The fraction of sp³-hybridized carbons (Fsp3) is 0. The molecule has 1 radical (unpaired) electrons. The Morgan fingerprint density at radius 3 is 1.33 bits per heavy atom. The van der Waals surface area contributed by atoms with Crippen molar-refractivity contribution in [1.82, 2.24) is 0 Å². The van der Waals surface area contributed by atoms with Crippen LogP contribution in [-0.4, -0.2) is 7.69 Å². The minimum absolute atomic E-state index is 0. The molecule has 0 aliphatic carbocycles. The summed E-state index contributed by atoms with van der Waals surface area (Å²) >= 11 is 0. The van der Waals surface area contributed by atoms with Crippen molar-refractivity contribution in [1.29, 1.82) is 0 Å². The van der Waals surface area contributed by atoms with Crippen molar-refractivity contribution in [3.63, 3.8) is 0 Å². The van der Waals surface area contributed by atoms with Crippen LogP contribution in [0.2, 0.25) is 0 Å². The number of rotatable bonds is 4. The van der Waals surface area contributed by atoms with Gasteiger partial charge in [0.25, 0.3) is 0 Å². The Morgan fingerprint density at radius 1 is 0.667 bits per heavy atom. The van der Waals surface area contributed by atoms with E-state index in [1.807, 2.05) is 0 Å². The molecule has 0 saturated carbocycles. The minimum atomic E-state index is 0.